The summed E-state index contributed by atoms with van der Waals surface area (Å²) in [7, 11) is 0. The Morgan fingerprint density at radius 1 is 1.41 bits per heavy atom. The fourth-order valence-electron chi connectivity index (χ4n) is 1.47. The molecule has 3 nitrogen and oxygen atoms in total. The lowest BCUT2D eigenvalue weighted by atomic mass is 10.1. The highest BCUT2D eigenvalue weighted by Gasteiger charge is 2.11. The van der Waals surface area contributed by atoms with Gasteiger partial charge in [0.15, 0.2) is 0 Å². The van der Waals surface area contributed by atoms with Gasteiger partial charge in [-0.2, -0.15) is 0 Å². The SMILES string of the molecule is CCC(CC)COC(=O)c1ccc(Cl)c(N)c1. The van der Waals surface area contributed by atoms with Crippen LogP contribution < -0.4 is 5.73 Å². The summed E-state index contributed by atoms with van der Waals surface area (Å²) in [5, 5.41) is 0.446. The molecule has 0 amide bonds. The van der Waals surface area contributed by atoms with Crippen molar-refractivity contribution < 1.29 is 9.53 Å². The summed E-state index contributed by atoms with van der Waals surface area (Å²) in [6, 6.07) is 4.76. The Kier molecular flexibility index (Phi) is 5.29. The summed E-state index contributed by atoms with van der Waals surface area (Å²) in [6.07, 6.45) is 2.01. The molecular weight excluding hydrogens is 238 g/mol. The van der Waals surface area contributed by atoms with Gasteiger partial charge in [-0.15, -0.1) is 0 Å². The van der Waals surface area contributed by atoms with Crippen LogP contribution in [0.3, 0.4) is 0 Å². The second-order valence-electron chi connectivity index (χ2n) is 4.02. The van der Waals surface area contributed by atoms with Gasteiger partial charge in [0, 0.05) is 0 Å². The average molecular weight is 256 g/mol. The molecule has 4 heteroatoms. The molecule has 94 valence electrons. The molecule has 0 atom stereocenters. The lowest BCUT2D eigenvalue weighted by Gasteiger charge is -2.12. The van der Waals surface area contributed by atoms with Crippen molar-refractivity contribution >= 4 is 23.3 Å². The Bertz CT molecular complexity index is 389. The van der Waals surface area contributed by atoms with Crippen molar-refractivity contribution in [3.05, 3.63) is 28.8 Å². The number of benzene rings is 1. The number of carbonyl (C=O) groups is 1. The Balaban J connectivity index is 2.61. The number of hydrogen-bond donors (Lipinski definition) is 1. The molecule has 0 heterocycles. The second kappa shape index (κ2) is 6.50. The largest absolute Gasteiger partial charge is 0.462 e. The molecule has 0 saturated heterocycles. The maximum Gasteiger partial charge on any atom is 0.338 e. The normalized spacial score (nSPS) is 10.6. The van der Waals surface area contributed by atoms with E-state index in [9.17, 15) is 4.79 Å². The number of rotatable bonds is 5. The average Bonchev–Trinajstić information content (AvgIpc) is 2.33. The molecule has 17 heavy (non-hydrogen) atoms. The van der Waals surface area contributed by atoms with E-state index in [4.69, 9.17) is 22.1 Å². The van der Waals surface area contributed by atoms with Crippen LogP contribution in [0.4, 0.5) is 5.69 Å². The summed E-state index contributed by atoms with van der Waals surface area (Å²) in [5.41, 5.74) is 6.46. The highest BCUT2D eigenvalue weighted by Crippen LogP contribution is 2.20. The van der Waals surface area contributed by atoms with Gasteiger partial charge in [0.25, 0.3) is 0 Å². The molecule has 0 fully saturated rings. The fraction of sp³-hybridized carbons (Fsp3) is 0.462. The van der Waals surface area contributed by atoms with Gasteiger partial charge in [-0.25, -0.2) is 4.79 Å². The van der Waals surface area contributed by atoms with Gasteiger partial charge < -0.3 is 10.5 Å². The van der Waals surface area contributed by atoms with E-state index in [0.717, 1.165) is 12.8 Å². The van der Waals surface area contributed by atoms with Crippen LogP contribution in [0.25, 0.3) is 0 Å². The molecule has 0 spiro atoms. The molecule has 0 aliphatic heterocycles. The quantitative estimate of drug-likeness (QED) is 0.647. The van der Waals surface area contributed by atoms with E-state index in [1.165, 1.54) is 6.07 Å². The molecule has 0 aliphatic carbocycles. The predicted molar refractivity (Wildman–Crippen MR) is 70.2 cm³/mol. The molecule has 1 aromatic carbocycles. The Morgan fingerprint density at radius 2 is 2.06 bits per heavy atom. The molecular formula is C13H18ClNO2. The number of nitrogen functional groups attached to an aromatic ring is 1. The summed E-state index contributed by atoms with van der Waals surface area (Å²) in [6.45, 7) is 4.62. The Morgan fingerprint density at radius 3 is 2.59 bits per heavy atom. The highest BCUT2D eigenvalue weighted by atomic mass is 35.5. The Labute approximate surface area is 107 Å². The zero-order valence-corrected chi connectivity index (χ0v) is 11.0. The van der Waals surface area contributed by atoms with Crippen LogP contribution in [0.1, 0.15) is 37.0 Å². The first-order valence-electron chi connectivity index (χ1n) is 5.80. The third-order valence-corrected chi connectivity index (χ3v) is 3.18. The third kappa shape index (κ3) is 3.93. The fourth-order valence-corrected chi connectivity index (χ4v) is 1.59. The molecule has 0 aliphatic rings. The van der Waals surface area contributed by atoms with Crippen LogP contribution >= 0.6 is 11.6 Å². The molecule has 1 rings (SSSR count). The summed E-state index contributed by atoms with van der Waals surface area (Å²) >= 11 is 5.78. The van der Waals surface area contributed by atoms with Crippen LogP contribution in [0.2, 0.25) is 5.02 Å². The van der Waals surface area contributed by atoms with Gasteiger partial charge in [0.1, 0.15) is 0 Å². The van der Waals surface area contributed by atoms with Gasteiger partial charge in [-0.05, 0) is 24.1 Å². The standard InChI is InChI=1S/C13H18ClNO2/c1-3-9(4-2)8-17-13(16)10-5-6-11(14)12(15)7-10/h5-7,9H,3-4,8,15H2,1-2H3. The summed E-state index contributed by atoms with van der Waals surface area (Å²) < 4.78 is 5.23. The molecule has 0 aromatic heterocycles. The minimum absolute atomic E-state index is 0.347. The first-order valence-corrected chi connectivity index (χ1v) is 6.18. The monoisotopic (exact) mass is 255 g/mol. The van der Waals surface area contributed by atoms with E-state index in [2.05, 4.69) is 13.8 Å². The van der Waals surface area contributed by atoms with Gasteiger partial charge in [0.2, 0.25) is 0 Å². The zero-order chi connectivity index (χ0) is 12.8. The molecule has 2 N–H and O–H groups in total. The van der Waals surface area contributed by atoms with Gasteiger partial charge in [-0.3, -0.25) is 0 Å². The minimum Gasteiger partial charge on any atom is -0.462 e. The second-order valence-corrected chi connectivity index (χ2v) is 4.42. The highest BCUT2D eigenvalue weighted by molar-refractivity contribution is 6.33. The first kappa shape index (κ1) is 13.8. The smallest absolute Gasteiger partial charge is 0.338 e. The maximum atomic E-state index is 11.7. The van der Waals surface area contributed by atoms with Crippen molar-refractivity contribution in [1.82, 2.24) is 0 Å². The third-order valence-electron chi connectivity index (χ3n) is 2.84. The van der Waals surface area contributed by atoms with Crippen LogP contribution in [-0.4, -0.2) is 12.6 Å². The van der Waals surface area contributed by atoms with Crippen LogP contribution in [0.5, 0.6) is 0 Å². The van der Waals surface area contributed by atoms with E-state index in [1.54, 1.807) is 12.1 Å². The zero-order valence-electron chi connectivity index (χ0n) is 10.2. The van der Waals surface area contributed by atoms with E-state index >= 15 is 0 Å². The number of anilines is 1. The van der Waals surface area contributed by atoms with Crippen molar-refractivity contribution in [3.63, 3.8) is 0 Å². The number of carbonyl (C=O) groups excluding carboxylic acids is 1. The number of nitrogens with two attached hydrogens (primary N) is 1. The van der Waals surface area contributed by atoms with Gasteiger partial charge in [-0.1, -0.05) is 38.3 Å². The number of esters is 1. The molecule has 0 unspecified atom stereocenters. The van der Waals surface area contributed by atoms with Crippen LogP contribution in [0.15, 0.2) is 18.2 Å². The van der Waals surface area contributed by atoms with Crippen LogP contribution in [-0.2, 0) is 4.74 Å². The molecule has 0 radical (unpaired) electrons. The van der Waals surface area contributed by atoms with Crippen LogP contribution in [0, 0.1) is 5.92 Å². The van der Waals surface area contributed by atoms with Crippen molar-refractivity contribution in [1.29, 1.82) is 0 Å². The van der Waals surface area contributed by atoms with E-state index < -0.39 is 0 Å². The Hall–Kier alpha value is -1.22. The predicted octanol–water partition coefficient (Wildman–Crippen LogP) is 3.52. The van der Waals surface area contributed by atoms with Crippen molar-refractivity contribution in [2.75, 3.05) is 12.3 Å². The number of hydrogen-bond acceptors (Lipinski definition) is 3. The first-order chi connectivity index (χ1) is 8.08. The van der Waals surface area contributed by atoms with E-state index in [-0.39, 0.29) is 5.97 Å². The topological polar surface area (TPSA) is 52.3 Å². The van der Waals surface area contributed by atoms with Crippen molar-refractivity contribution in [2.24, 2.45) is 5.92 Å². The maximum absolute atomic E-state index is 11.7. The lowest BCUT2D eigenvalue weighted by Crippen LogP contribution is -2.13. The van der Waals surface area contributed by atoms with E-state index in [0.29, 0.717) is 28.8 Å². The van der Waals surface area contributed by atoms with Crippen molar-refractivity contribution in [2.45, 2.75) is 26.7 Å². The molecule has 0 bridgehead atoms. The lowest BCUT2D eigenvalue weighted by molar-refractivity contribution is 0.0433. The van der Waals surface area contributed by atoms with Gasteiger partial charge in [0.05, 0.1) is 22.9 Å². The number of ether oxygens (including phenoxy) is 1. The van der Waals surface area contributed by atoms with Gasteiger partial charge >= 0.3 is 5.97 Å². The summed E-state index contributed by atoms with van der Waals surface area (Å²) in [5.74, 6) is 0.0730. The summed E-state index contributed by atoms with van der Waals surface area (Å²) in [4.78, 5) is 11.7. The minimum atomic E-state index is -0.347. The van der Waals surface area contributed by atoms with Crippen molar-refractivity contribution in [3.8, 4) is 0 Å². The number of halogens is 1. The molecule has 1 aromatic rings. The van der Waals surface area contributed by atoms with E-state index in [1.807, 2.05) is 0 Å². The molecule has 0 saturated carbocycles.